The summed E-state index contributed by atoms with van der Waals surface area (Å²) in [4.78, 5) is 24.0. The Labute approximate surface area is 122 Å². The number of carboxylic acids is 1. The minimum absolute atomic E-state index is 0.0621. The van der Waals surface area contributed by atoms with E-state index in [1.807, 2.05) is 0 Å². The number of amides is 1. The second kappa shape index (κ2) is 7.54. The van der Waals surface area contributed by atoms with E-state index in [1.54, 1.807) is 14.0 Å². The van der Waals surface area contributed by atoms with Crippen LogP contribution < -0.4 is 0 Å². The van der Waals surface area contributed by atoms with Crippen molar-refractivity contribution in [3.63, 3.8) is 0 Å². The molecular weight excluding hydrogens is 277 g/mol. The van der Waals surface area contributed by atoms with E-state index in [2.05, 4.69) is 0 Å². The molecule has 1 N–H and O–H groups in total. The summed E-state index contributed by atoms with van der Waals surface area (Å²) in [7, 11) is 3.10. The van der Waals surface area contributed by atoms with Gasteiger partial charge in [-0.25, -0.2) is 9.18 Å². The maximum absolute atomic E-state index is 14.0. The maximum atomic E-state index is 14.0. The minimum atomic E-state index is -1.12. The van der Waals surface area contributed by atoms with Crippen LogP contribution in [-0.2, 0) is 9.53 Å². The summed E-state index contributed by atoms with van der Waals surface area (Å²) >= 11 is 0. The molecular formula is C15H18FNO4. The van der Waals surface area contributed by atoms with Crippen molar-refractivity contribution in [2.45, 2.75) is 13.0 Å². The lowest BCUT2D eigenvalue weighted by atomic mass is 10.1. The molecule has 1 aromatic rings. The summed E-state index contributed by atoms with van der Waals surface area (Å²) in [6.07, 6.45) is 2.17. The molecule has 0 aliphatic rings. The number of hydrogen-bond donors (Lipinski definition) is 1. The molecule has 0 spiro atoms. The van der Waals surface area contributed by atoms with E-state index in [9.17, 15) is 14.0 Å². The van der Waals surface area contributed by atoms with Gasteiger partial charge in [0, 0.05) is 20.2 Å². The Morgan fingerprint density at radius 2 is 2.14 bits per heavy atom. The molecule has 0 saturated carbocycles. The summed E-state index contributed by atoms with van der Waals surface area (Å²) in [6, 6.07) is 3.77. The van der Waals surface area contributed by atoms with Crippen molar-refractivity contribution in [1.29, 1.82) is 0 Å². The third kappa shape index (κ3) is 4.68. The molecule has 114 valence electrons. The standard InChI is InChI=1S/C15H18FNO4/c1-10(9-21-3)17(2)15(20)12-6-4-11(8-13(12)16)5-7-14(18)19/h4-8,10H,9H2,1-3H3,(H,18,19). The molecule has 1 amide bonds. The smallest absolute Gasteiger partial charge is 0.328 e. The number of ether oxygens (including phenoxy) is 1. The first kappa shape index (κ1) is 16.8. The molecule has 0 heterocycles. The van der Waals surface area contributed by atoms with E-state index in [-0.39, 0.29) is 11.6 Å². The molecule has 21 heavy (non-hydrogen) atoms. The lowest BCUT2D eigenvalue weighted by Crippen LogP contribution is -2.38. The van der Waals surface area contributed by atoms with E-state index >= 15 is 0 Å². The fourth-order valence-electron chi connectivity index (χ4n) is 1.72. The number of carbonyl (C=O) groups excluding carboxylic acids is 1. The number of carbonyl (C=O) groups is 2. The van der Waals surface area contributed by atoms with Crippen LogP contribution in [0.1, 0.15) is 22.8 Å². The van der Waals surface area contributed by atoms with Crippen molar-refractivity contribution in [3.8, 4) is 0 Å². The SMILES string of the molecule is COCC(C)N(C)C(=O)c1ccc(C=CC(=O)O)cc1F. The van der Waals surface area contributed by atoms with Gasteiger partial charge in [-0.1, -0.05) is 6.07 Å². The van der Waals surface area contributed by atoms with Gasteiger partial charge in [-0.05, 0) is 30.7 Å². The van der Waals surface area contributed by atoms with E-state index < -0.39 is 17.7 Å². The van der Waals surface area contributed by atoms with Crippen molar-refractivity contribution in [2.75, 3.05) is 20.8 Å². The average molecular weight is 295 g/mol. The highest BCUT2D eigenvalue weighted by Gasteiger charge is 2.20. The Balaban J connectivity index is 2.94. The van der Waals surface area contributed by atoms with E-state index in [4.69, 9.17) is 9.84 Å². The van der Waals surface area contributed by atoms with Crippen molar-refractivity contribution in [1.82, 2.24) is 4.90 Å². The molecule has 1 atom stereocenters. The van der Waals surface area contributed by atoms with Crippen molar-refractivity contribution < 1.29 is 23.8 Å². The Bertz CT molecular complexity index is 557. The normalized spacial score (nSPS) is 12.4. The average Bonchev–Trinajstić information content (AvgIpc) is 2.44. The second-order valence-corrected chi connectivity index (χ2v) is 4.63. The van der Waals surface area contributed by atoms with Gasteiger partial charge in [-0.15, -0.1) is 0 Å². The van der Waals surface area contributed by atoms with Gasteiger partial charge in [-0.2, -0.15) is 0 Å². The van der Waals surface area contributed by atoms with Crippen LogP contribution in [0.3, 0.4) is 0 Å². The molecule has 1 aromatic carbocycles. The number of halogens is 1. The minimum Gasteiger partial charge on any atom is -0.478 e. The summed E-state index contributed by atoms with van der Waals surface area (Å²) in [5.41, 5.74) is 0.312. The van der Waals surface area contributed by atoms with Crippen LogP contribution >= 0.6 is 0 Å². The number of rotatable bonds is 6. The fraction of sp³-hybridized carbons (Fsp3) is 0.333. The van der Waals surface area contributed by atoms with Gasteiger partial charge >= 0.3 is 5.97 Å². The Morgan fingerprint density at radius 3 is 2.67 bits per heavy atom. The Kier molecular flexibility index (Phi) is 6.05. The Hall–Kier alpha value is -2.21. The van der Waals surface area contributed by atoms with Crippen LogP contribution in [-0.4, -0.2) is 48.7 Å². The zero-order chi connectivity index (χ0) is 16.0. The molecule has 0 aromatic heterocycles. The number of aliphatic carboxylic acids is 1. The molecule has 5 nitrogen and oxygen atoms in total. The number of nitrogens with zero attached hydrogens (tertiary/aromatic N) is 1. The summed E-state index contributed by atoms with van der Waals surface area (Å²) in [6.45, 7) is 2.15. The number of hydrogen-bond acceptors (Lipinski definition) is 3. The molecule has 0 fully saturated rings. The summed E-state index contributed by atoms with van der Waals surface area (Å²) in [5, 5.41) is 8.52. The van der Waals surface area contributed by atoms with Crippen LogP contribution in [0, 0.1) is 5.82 Å². The third-order valence-electron chi connectivity index (χ3n) is 3.03. The Morgan fingerprint density at radius 1 is 1.48 bits per heavy atom. The molecule has 1 rings (SSSR count). The van der Waals surface area contributed by atoms with Gasteiger partial charge in [0.15, 0.2) is 0 Å². The highest BCUT2D eigenvalue weighted by Crippen LogP contribution is 2.15. The predicted molar refractivity (Wildman–Crippen MR) is 76.5 cm³/mol. The van der Waals surface area contributed by atoms with Crippen molar-refractivity contribution in [2.24, 2.45) is 0 Å². The van der Waals surface area contributed by atoms with Gasteiger partial charge in [0.2, 0.25) is 0 Å². The first-order chi connectivity index (χ1) is 9.86. The number of likely N-dealkylation sites (N-methyl/N-ethyl adjacent to an activating group) is 1. The lowest BCUT2D eigenvalue weighted by molar-refractivity contribution is -0.131. The van der Waals surface area contributed by atoms with Crippen LogP contribution in [0.2, 0.25) is 0 Å². The first-order valence-electron chi connectivity index (χ1n) is 6.33. The van der Waals surface area contributed by atoms with E-state index in [0.29, 0.717) is 12.2 Å². The lowest BCUT2D eigenvalue weighted by Gasteiger charge is -2.24. The largest absolute Gasteiger partial charge is 0.478 e. The summed E-state index contributed by atoms with van der Waals surface area (Å²) < 4.78 is 18.9. The van der Waals surface area contributed by atoms with Crippen molar-refractivity contribution in [3.05, 3.63) is 41.2 Å². The first-order valence-corrected chi connectivity index (χ1v) is 6.33. The maximum Gasteiger partial charge on any atom is 0.328 e. The molecule has 0 saturated heterocycles. The highest BCUT2D eigenvalue weighted by atomic mass is 19.1. The number of methoxy groups -OCH3 is 1. The number of carboxylic acid groups (broad SMARTS) is 1. The van der Waals surface area contributed by atoms with Crippen LogP contribution in [0.25, 0.3) is 6.08 Å². The van der Waals surface area contributed by atoms with Gasteiger partial charge in [0.1, 0.15) is 5.82 Å². The van der Waals surface area contributed by atoms with Crippen molar-refractivity contribution >= 4 is 18.0 Å². The zero-order valence-electron chi connectivity index (χ0n) is 12.2. The zero-order valence-corrected chi connectivity index (χ0v) is 12.2. The molecule has 0 radical (unpaired) electrons. The second-order valence-electron chi connectivity index (χ2n) is 4.63. The highest BCUT2D eigenvalue weighted by molar-refractivity contribution is 5.95. The van der Waals surface area contributed by atoms with E-state index in [0.717, 1.165) is 12.1 Å². The molecule has 1 unspecified atom stereocenters. The van der Waals surface area contributed by atoms with Gasteiger partial charge in [0.05, 0.1) is 18.2 Å². The van der Waals surface area contributed by atoms with Crippen LogP contribution in [0.4, 0.5) is 4.39 Å². The third-order valence-corrected chi connectivity index (χ3v) is 3.03. The van der Waals surface area contributed by atoms with Gasteiger partial charge < -0.3 is 14.7 Å². The quantitative estimate of drug-likeness (QED) is 0.815. The molecule has 0 aliphatic carbocycles. The van der Waals surface area contributed by atoms with Crippen LogP contribution in [0.15, 0.2) is 24.3 Å². The predicted octanol–water partition coefficient (Wildman–Crippen LogP) is 2.03. The van der Waals surface area contributed by atoms with Gasteiger partial charge in [-0.3, -0.25) is 4.79 Å². The fourth-order valence-corrected chi connectivity index (χ4v) is 1.72. The van der Waals surface area contributed by atoms with E-state index in [1.165, 1.54) is 30.2 Å². The summed E-state index contributed by atoms with van der Waals surface area (Å²) in [5.74, 6) is -2.27. The topological polar surface area (TPSA) is 66.8 Å². The van der Waals surface area contributed by atoms with Gasteiger partial charge in [0.25, 0.3) is 5.91 Å². The molecule has 6 heteroatoms. The molecule has 0 bridgehead atoms. The molecule has 0 aliphatic heterocycles. The number of benzene rings is 1. The monoisotopic (exact) mass is 295 g/mol. The van der Waals surface area contributed by atoms with Crippen LogP contribution in [0.5, 0.6) is 0 Å².